The summed E-state index contributed by atoms with van der Waals surface area (Å²) < 4.78 is 37.8. The maximum Gasteiger partial charge on any atom is 0.417 e. The lowest BCUT2D eigenvalue weighted by molar-refractivity contribution is -0.384. The first-order chi connectivity index (χ1) is 12.8. The number of benzene rings is 1. The Labute approximate surface area is 152 Å². The molecule has 0 spiro atoms. The van der Waals surface area contributed by atoms with Crippen molar-refractivity contribution in [2.45, 2.75) is 6.18 Å². The fourth-order valence-electron chi connectivity index (χ4n) is 2.81. The van der Waals surface area contributed by atoms with E-state index < -0.39 is 16.7 Å². The van der Waals surface area contributed by atoms with Crippen molar-refractivity contribution in [1.82, 2.24) is 9.88 Å². The number of hydrogen-bond acceptors (Lipinski definition) is 5. The predicted molar refractivity (Wildman–Crippen MR) is 90.5 cm³/mol. The second-order valence-corrected chi connectivity index (χ2v) is 5.99. The van der Waals surface area contributed by atoms with E-state index in [4.69, 9.17) is 0 Å². The van der Waals surface area contributed by atoms with Crippen molar-refractivity contribution < 1.29 is 22.9 Å². The molecule has 2 heterocycles. The van der Waals surface area contributed by atoms with Crippen molar-refractivity contribution in [3.8, 4) is 0 Å². The second kappa shape index (κ2) is 7.22. The molecule has 27 heavy (non-hydrogen) atoms. The van der Waals surface area contributed by atoms with Gasteiger partial charge in [0.15, 0.2) is 0 Å². The Bertz CT molecular complexity index is 847. The standard InChI is InChI=1S/C17H15F3N4O3/c18-17(19,20)13-4-5-15(21-11-13)22-6-8-23(9-7-22)16(25)12-2-1-3-14(10-12)24(26)27/h1-5,10-11H,6-9H2. The van der Waals surface area contributed by atoms with Crippen molar-refractivity contribution in [3.05, 3.63) is 63.8 Å². The third kappa shape index (κ3) is 4.15. The van der Waals surface area contributed by atoms with Crippen molar-refractivity contribution in [3.63, 3.8) is 0 Å². The highest BCUT2D eigenvalue weighted by molar-refractivity contribution is 5.95. The number of carbonyl (C=O) groups is 1. The quantitative estimate of drug-likeness (QED) is 0.604. The van der Waals surface area contributed by atoms with Crippen LogP contribution in [-0.2, 0) is 6.18 Å². The van der Waals surface area contributed by atoms with Gasteiger partial charge in [0.25, 0.3) is 11.6 Å². The van der Waals surface area contributed by atoms with E-state index in [1.165, 1.54) is 30.3 Å². The van der Waals surface area contributed by atoms with Crippen LogP contribution in [-0.4, -0.2) is 46.9 Å². The normalized spacial score (nSPS) is 14.9. The predicted octanol–water partition coefficient (Wildman–Crippen LogP) is 2.97. The molecular weight excluding hydrogens is 365 g/mol. The Morgan fingerprint density at radius 1 is 1.11 bits per heavy atom. The number of rotatable bonds is 3. The number of alkyl halides is 3. The molecule has 0 radical (unpaired) electrons. The molecule has 2 aromatic rings. The third-order valence-electron chi connectivity index (χ3n) is 4.27. The number of halogens is 3. The van der Waals surface area contributed by atoms with E-state index in [-0.39, 0.29) is 17.2 Å². The number of anilines is 1. The van der Waals surface area contributed by atoms with E-state index in [0.29, 0.717) is 32.0 Å². The minimum atomic E-state index is -4.44. The van der Waals surface area contributed by atoms with E-state index in [2.05, 4.69) is 4.98 Å². The molecule has 1 amide bonds. The number of amides is 1. The summed E-state index contributed by atoms with van der Waals surface area (Å²) in [6, 6.07) is 7.79. The number of hydrogen-bond donors (Lipinski definition) is 0. The maximum atomic E-state index is 12.6. The molecular formula is C17H15F3N4O3. The number of pyridine rings is 1. The SMILES string of the molecule is O=C(c1cccc([N+](=O)[O-])c1)N1CCN(c2ccc(C(F)(F)F)cn2)CC1. The average molecular weight is 380 g/mol. The van der Waals surface area contributed by atoms with Crippen LogP contribution >= 0.6 is 0 Å². The van der Waals surface area contributed by atoms with Gasteiger partial charge in [-0.2, -0.15) is 13.2 Å². The van der Waals surface area contributed by atoms with E-state index in [9.17, 15) is 28.1 Å². The van der Waals surface area contributed by atoms with Crippen molar-refractivity contribution >= 4 is 17.4 Å². The number of non-ortho nitro benzene ring substituents is 1. The van der Waals surface area contributed by atoms with Crippen LogP contribution in [0.2, 0.25) is 0 Å². The lowest BCUT2D eigenvalue weighted by atomic mass is 10.1. The molecule has 1 aromatic carbocycles. The molecule has 0 N–H and O–H groups in total. The van der Waals surface area contributed by atoms with Crippen LogP contribution in [0.25, 0.3) is 0 Å². The van der Waals surface area contributed by atoms with Crippen LogP contribution in [0.1, 0.15) is 15.9 Å². The highest BCUT2D eigenvalue weighted by atomic mass is 19.4. The number of carbonyl (C=O) groups excluding carboxylic acids is 1. The van der Waals surface area contributed by atoms with Crippen LogP contribution in [0.15, 0.2) is 42.6 Å². The number of nitrogens with zero attached hydrogens (tertiary/aromatic N) is 4. The first-order valence-corrected chi connectivity index (χ1v) is 8.07. The fraction of sp³-hybridized carbons (Fsp3) is 0.294. The summed E-state index contributed by atoms with van der Waals surface area (Å²) in [4.78, 5) is 30.0. The molecule has 3 rings (SSSR count). The number of nitro benzene ring substituents is 1. The molecule has 0 unspecified atom stereocenters. The zero-order valence-electron chi connectivity index (χ0n) is 14.0. The molecule has 1 aliphatic heterocycles. The van der Waals surface area contributed by atoms with Crippen molar-refractivity contribution in [2.24, 2.45) is 0 Å². The maximum absolute atomic E-state index is 12.6. The van der Waals surface area contributed by atoms with Gasteiger partial charge in [-0.25, -0.2) is 4.98 Å². The molecule has 7 nitrogen and oxygen atoms in total. The van der Waals surface area contributed by atoms with E-state index in [1.54, 1.807) is 9.80 Å². The summed E-state index contributed by atoms with van der Waals surface area (Å²) in [6.45, 7) is 1.48. The lowest BCUT2D eigenvalue weighted by Gasteiger charge is -2.35. The van der Waals surface area contributed by atoms with Crippen LogP contribution in [0.4, 0.5) is 24.7 Å². The zero-order chi connectivity index (χ0) is 19.6. The largest absolute Gasteiger partial charge is 0.417 e. The van der Waals surface area contributed by atoms with Gasteiger partial charge in [0.05, 0.1) is 10.5 Å². The summed E-state index contributed by atoms with van der Waals surface area (Å²) in [5, 5.41) is 10.8. The van der Waals surface area contributed by atoms with Gasteiger partial charge < -0.3 is 9.80 Å². The summed E-state index contributed by atoms with van der Waals surface area (Å²) in [5.74, 6) is 0.0872. The van der Waals surface area contributed by atoms with Gasteiger partial charge >= 0.3 is 6.18 Å². The highest BCUT2D eigenvalue weighted by Crippen LogP contribution is 2.29. The highest BCUT2D eigenvalue weighted by Gasteiger charge is 2.31. The van der Waals surface area contributed by atoms with Crippen LogP contribution < -0.4 is 4.90 Å². The van der Waals surface area contributed by atoms with Gasteiger partial charge in [0, 0.05) is 50.1 Å². The summed E-state index contributed by atoms with van der Waals surface area (Å²) in [7, 11) is 0. The smallest absolute Gasteiger partial charge is 0.353 e. The number of aromatic nitrogens is 1. The first-order valence-electron chi connectivity index (χ1n) is 8.07. The van der Waals surface area contributed by atoms with Crippen LogP contribution in [0.3, 0.4) is 0 Å². The fourth-order valence-corrected chi connectivity index (χ4v) is 2.81. The van der Waals surface area contributed by atoms with Crippen LogP contribution in [0, 0.1) is 10.1 Å². The van der Waals surface area contributed by atoms with Gasteiger partial charge in [-0.3, -0.25) is 14.9 Å². The average Bonchev–Trinajstić information content (AvgIpc) is 2.67. The van der Waals surface area contributed by atoms with Gasteiger partial charge in [0.1, 0.15) is 5.82 Å². The molecule has 10 heteroatoms. The van der Waals surface area contributed by atoms with E-state index in [0.717, 1.165) is 12.3 Å². The van der Waals surface area contributed by atoms with Gasteiger partial charge in [0.2, 0.25) is 0 Å². The Morgan fingerprint density at radius 3 is 2.37 bits per heavy atom. The monoisotopic (exact) mass is 380 g/mol. The van der Waals surface area contributed by atoms with E-state index >= 15 is 0 Å². The Morgan fingerprint density at radius 2 is 1.81 bits per heavy atom. The molecule has 0 saturated carbocycles. The molecule has 1 saturated heterocycles. The summed E-state index contributed by atoms with van der Waals surface area (Å²) >= 11 is 0. The minimum Gasteiger partial charge on any atom is -0.353 e. The number of piperazine rings is 1. The van der Waals surface area contributed by atoms with E-state index in [1.807, 2.05) is 0 Å². The summed E-state index contributed by atoms with van der Waals surface area (Å²) in [5.41, 5.74) is -0.746. The number of nitro groups is 1. The Hall–Kier alpha value is -3.17. The second-order valence-electron chi connectivity index (χ2n) is 5.99. The van der Waals surface area contributed by atoms with Gasteiger partial charge in [-0.15, -0.1) is 0 Å². The van der Waals surface area contributed by atoms with Crippen molar-refractivity contribution in [1.29, 1.82) is 0 Å². The van der Waals surface area contributed by atoms with Gasteiger partial charge in [-0.05, 0) is 18.2 Å². The zero-order valence-corrected chi connectivity index (χ0v) is 14.0. The molecule has 0 aliphatic carbocycles. The molecule has 142 valence electrons. The molecule has 0 atom stereocenters. The third-order valence-corrected chi connectivity index (χ3v) is 4.27. The Kier molecular flexibility index (Phi) is 4.98. The molecule has 1 aliphatic rings. The van der Waals surface area contributed by atoms with Gasteiger partial charge in [-0.1, -0.05) is 6.07 Å². The van der Waals surface area contributed by atoms with Crippen LogP contribution in [0.5, 0.6) is 0 Å². The molecule has 0 bridgehead atoms. The molecule has 1 aromatic heterocycles. The first kappa shape index (κ1) is 18.6. The topological polar surface area (TPSA) is 79.6 Å². The summed E-state index contributed by atoms with van der Waals surface area (Å²) in [6.07, 6.45) is -3.65. The Balaban J connectivity index is 1.64. The minimum absolute atomic E-state index is 0.159. The molecule has 1 fully saturated rings. The lowest BCUT2D eigenvalue weighted by Crippen LogP contribution is -2.49. The van der Waals surface area contributed by atoms with Crippen molar-refractivity contribution in [2.75, 3.05) is 31.1 Å².